The smallest absolute Gasteiger partial charge is 0.253 e. The first-order valence-electron chi connectivity index (χ1n) is 10.1. The molecule has 1 aliphatic carbocycles. The van der Waals surface area contributed by atoms with Crippen molar-refractivity contribution >= 4 is 27.7 Å². The number of hydrogen-bond acceptors (Lipinski definition) is 4. The van der Waals surface area contributed by atoms with Crippen LogP contribution in [0.15, 0.2) is 36.1 Å². The second-order valence-electron chi connectivity index (χ2n) is 7.59. The zero-order valence-corrected chi connectivity index (χ0v) is 18.4. The molecule has 0 spiro atoms. The van der Waals surface area contributed by atoms with Crippen LogP contribution in [0.25, 0.3) is 0 Å². The van der Waals surface area contributed by atoms with Crippen LogP contribution in [-0.2, 0) is 4.74 Å². The summed E-state index contributed by atoms with van der Waals surface area (Å²) in [4.78, 5) is 19.7. The van der Waals surface area contributed by atoms with Gasteiger partial charge in [0.05, 0.1) is 11.3 Å². The molecule has 0 bridgehead atoms. The topological polar surface area (TPSA) is 54.5 Å². The van der Waals surface area contributed by atoms with Crippen LogP contribution in [0.2, 0.25) is 0 Å². The van der Waals surface area contributed by atoms with Crippen LogP contribution in [0.4, 0.5) is 5.82 Å². The van der Waals surface area contributed by atoms with E-state index in [-0.39, 0.29) is 5.91 Å². The first kappa shape index (κ1) is 21.1. The van der Waals surface area contributed by atoms with E-state index in [1.165, 1.54) is 0 Å². The average molecular weight is 448 g/mol. The highest BCUT2D eigenvalue weighted by molar-refractivity contribution is 9.09. The zero-order valence-electron chi connectivity index (χ0n) is 16.8. The fourth-order valence-electron chi connectivity index (χ4n) is 3.34. The Morgan fingerprint density at radius 2 is 2.07 bits per heavy atom. The molecule has 0 radical (unpaired) electrons. The number of anilines is 1. The highest BCUT2D eigenvalue weighted by Gasteiger charge is 2.30. The van der Waals surface area contributed by atoms with Gasteiger partial charge in [-0.05, 0) is 56.7 Å². The fourth-order valence-corrected chi connectivity index (χ4v) is 3.56. The van der Waals surface area contributed by atoms with Crippen molar-refractivity contribution in [2.75, 3.05) is 37.0 Å². The van der Waals surface area contributed by atoms with Gasteiger partial charge in [-0.2, -0.15) is 0 Å². The third kappa shape index (κ3) is 5.67. The molecule has 3 rings (SSSR count). The maximum Gasteiger partial charge on any atom is 0.253 e. The summed E-state index contributed by atoms with van der Waals surface area (Å²) in [5.74, 6) is 1.81. The molecular formula is C22H30BrN3O2. The molecule has 2 fully saturated rings. The number of aromatic nitrogens is 1. The molecule has 28 heavy (non-hydrogen) atoms. The molecule has 2 aliphatic rings. The number of amides is 1. The summed E-state index contributed by atoms with van der Waals surface area (Å²) in [7, 11) is 2.01. The van der Waals surface area contributed by atoms with Gasteiger partial charge in [-0.15, -0.1) is 0 Å². The van der Waals surface area contributed by atoms with Crippen molar-refractivity contribution in [3.05, 3.63) is 47.3 Å². The number of carbonyl (C=O) groups excluding carboxylic acids is 1. The van der Waals surface area contributed by atoms with Gasteiger partial charge in [0.1, 0.15) is 5.82 Å². The number of hydrogen-bond donors (Lipinski definition) is 1. The molecule has 1 aliphatic heterocycles. The van der Waals surface area contributed by atoms with E-state index >= 15 is 0 Å². The molecule has 1 saturated heterocycles. The third-order valence-electron chi connectivity index (χ3n) is 5.45. The predicted molar refractivity (Wildman–Crippen MR) is 117 cm³/mol. The number of alkyl halides is 1. The molecule has 1 amide bonds. The number of nitrogens with zero attached hydrogens (tertiary/aromatic N) is 2. The van der Waals surface area contributed by atoms with Crippen molar-refractivity contribution in [3.63, 3.8) is 0 Å². The monoisotopic (exact) mass is 447 g/mol. The minimum Gasteiger partial charge on any atom is -0.381 e. The quantitative estimate of drug-likeness (QED) is 0.473. The summed E-state index contributed by atoms with van der Waals surface area (Å²) in [5, 5.41) is 3.96. The van der Waals surface area contributed by atoms with E-state index in [0.717, 1.165) is 73.5 Å². The number of nitrogens with one attached hydrogen (secondary N) is 1. The average Bonchev–Trinajstić information content (AvgIpc) is 3.57. The first-order valence-corrected chi connectivity index (χ1v) is 11.2. The SMILES string of the molecule is C/C(=C\C=C/CBr)N(C)c1ccc(C(=O)NCC2CCOCC2)c(C2CC2)n1. The third-order valence-corrected chi connectivity index (χ3v) is 5.82. The van der Waals surface area contributed by atoms with Crippen LogP contribution < -0.4 is 10.2 Å². The lowest BCUT2D eigenvalue weighted by molar-refractivity contribution is 0.0642. The van der Waals surface area contributed by atoms with Gasteiger partial charge in [-0.25, -0.2) is 4.98 Å². The van der Waals surface area contributed by atoms with Gasteiger partial charge in [-0.3, -0.25) is 4.79 Å². The summed E-state index contributed by atoms with van der Waals surface area (Å²) in [6.07, 6.45) is 10.4. The van der Waals surface area contributed by atoms with Gasteiger partial charge in [0, 0.05) is 43.8 Å². The fraction of sp³-hybridized carbons (Fsp3) is 0.545. The van der Waals surface area contributed by atoms with E-state index in [0.29, 0.717) is 11.8 Å². The minimum atomic E-state index is 0.00242. The maximum atomic E-state index is 12.8. The molecule has 6 heteroatoms. The standard InChI is InChI=1S/C22H30BrN3O2/c1-16(5-3-4-12-23)26(2)20-9-8-19(21(25-20)18-6-7-18)22(27)24-15-17-10-13-28-14-11-17/h3-5,8-9,17-18H,6-7,10-15H2,1-2H3,(H,24,27)/b4-3-,16-5+. The van der Waals surface area contributed by atoms with Gasteiger partial charge in [0.2, 0.25) is 0 Å². The highest BCUT2D eigenvalue weighted by atomic mass is 79.9. The van der Waals surface area contributed by atoms with Crippen LogP contribution in [0.3, 0.4) is 0 Å². The van der Waals surface area contributed by atoms with Gasteiger partial charge < -0.3 is 15.0 Å². The van der Waals surface area contributed by atoms with Crippen LogP contribution in [-0.4, -0.2) is 43.0 Å². The van der Waals surface area contributed by atoms with Gasteiger partial charge in [0.25, 0.3) is 5.91 Å². The Hall–Kier alpha value is -1.66. The van der Waals surface area contributed by atoms with Crippen molar-refractivity contribution in [2.24, 2.45) is 5.92 Å². The Morgan fingerprint density at radius 1 is 1.32 bits per heavy atom. The van der Waals surface area contributed by atoms with Crippen LogP contribution in [0, 0.1) is 5.92 Å². The van der Waals surface area contributed by atoms with Crippen molar-refractivity contribution in [1.82, 2.24) is 10.3 Å². The molecule has 1 saturated carbocycles. The lowest BCUT2D eigenvalue weighted by atomic mass is 10.00. The Labute approximate surface area is 176 Å². The zero-order chi connectivity index (χ0) is 19.9. The van der Waals surface area contributed by atoms with E-state index in [1.54, 1.807) is 0 Å². The molecule has 0 unspecified atom stereocenters. The van der Waals surface area contributed by atoms with Crippen molar-refractivity contribution in [2.45, 2.75) is 38.5 Å². The Bertz CT molecular complexity index is 737. The normalized spacial score (nSPS) is 18.5. The summed E-state index contributed by atoms with van der Waals surface area (Å²) >= 11 is 3.39. The predicted octanol–water partition coefficient (Wildman–Crippen LogP) is 4.41. The first-order chi connectivity index (χ1) is 13.6. The second kappa shape index (κ2) is 10.2. The molecule has 0 aromatic carbocycles. The molecule has 2 heterocycles. The lowest BCUT2D eigenvalue weighted by Crippen LogP contribution is -2.33. The molecular weight excluding hydrogens is 418 g/mol. The summed E-state index contributed by atoms with van der Waals surface area (Å²) in [6.45, 7) is 4.38. The number of rotatable bonds is 8. The van der Waals surface area contributed by atoms with Gasteiger partial charge in [-0.1, -0.05) is 28.1 Å². The van der Waals surface area contributed by atoms with Gasteiger partial charge in [0.15, 0.2) is 0 Å². The van der Waals surface area contributed by atoms with Crippen LogP contribution in [0.5, 0.6) is 0 Å². The van der Waals surface area contributed by atoms with E-state index < -0.39 is 0 Å². The Morgan fingerprint density at radius 3 is 2.75 bits per heavy atom. The van der Waals surface area contributed by atoms with Crippen LogP contribution in [0.1, 0.15) is 54.6 Å². The van der Waals surface area contributed by atoms with E-state index in [2.05, 4.69) is 39.1 Å². The summed E-state index contributed by atoms with van der Waals surface area (Å²) < 4.78 is 5.40. The second-order valence-corrected chi connectivity index (χ2v) is 8.24. The molecule has 1 N–H and O–H groups in total. The molecule has 1 aromatic rings. The number of halogens is 1. The molecule has 0 atom stereocenters. The maximum absolute atomic E-state index is 12.8. The summed E-state index contributed by atoms with van der Waals surface area (Å²) in [6, 6.07) is 3.88. The Kier molecular flexibility index (Phi) is 7.68. The van der Waals surface area contributed by atoms with Crippen LogP contribution >= 0.6 is 15.9 Å². The van der Waals surface area contributed by atoms with E-state index in [1.807, 2.05) is 31.3 Å². The number of allylic oxidation sites excluding steroid dienone is 4. The molecule has 152 valence electrons. The Balaban J connectivity index is 1.71. The number of ether oxygens (including phenoxy) is 1. The largest absolute Gasteiger partial charge is 0.381 e. The van der Waals surface area contributed by atoms with Crippen molar-refractivity contribution in [1.29, 1.82) is 0 Å². The van der Waals surface area contributed by atoms with Crippen molar-refractivity contribution in [3.8, 4) is 0 Å². The molecule has 5 nitrogen and oxygen atoms in total. The van der Waals surface area contributed by atoms with Crippen molar-refractivity contribution < 1.29 is 9.53 Å². The number of carbonyl (C=O) groups is 1. The summed E-state index contributed by atoms with van der Waals surface area (Å²) in [5.41, 5.74) is 2.77. The van der Waals surface area contributed by atoms with Gasteiger partial charge >= 0.3 is 0 Å². The van der Waals surface area contributed by atoms with E-state index in [9.17, 15) is 4.79 Å². The molecule has 1 aromatic heterocycles. The number of pyridine rings is 1. The minimum absolute atomic E-state index is 0.00242. The lowest BCUT2D eigenvalue weighted by Gasteiger charge is -2.23. The van der Waals surface area contributed by atoms with E-state index in [4.69, 9.17) is 9.72 Å². The highest BCUT2D eigenvalue weighted by Crippen LogP contribution is 2.41.